The van der Waals surface area contributed by atoms with Crippen LogP contribution >= 0.6 is 36.1 Å². The van der Waals surface area contributed by atoms with E-state index in [-0.39, 0.29) is 97.9 Å². The van der Waals surface area contributed by atoms with Crippen LogP contribution in [0, 0.1) is 5.41 Å². The first-order chi connectivity index (χ1) is 22.2. The first-order valence-electron chi connectivity index (χ1n) is 13.7. The second kappa shape index (κ2) is 22.4. The van der Waals surface area contributed by atoms with Crippen molar-refractivity contribution >= 4 is 121 Å². The largest absolute Gasteiger partial charge is 0.481 e. The van der Waals surface area contributed by atoms with Crippen molar-refractivity contribution in [2.75, 3.05) is 37.8 Å². The van der Waals surface area contributed by atoms with Gasteiger partial charge in [0.05, 0.1) is 19.5 Å². The monoisotopic (exact) mass is 806 g/mol. The Morgan fingerprint density at radius 1 is 1.06 bits per heavy atom. The third-order valence-electron chi connectivity index (χ3n) is 6.51. The summed E-state index contributed by atoms with van der Waals surface area (Å²) in [5, 5.41) is 26.1. The molecular formula is C21H38Li3N7O17P3S. The molecule has 0 aliphatic carbocycles. The van der Waals surface area contributed by atoms with Crippen LogP contribution in [0.4, 0.5) is 5.82 Å². The Morgan fingerprint density at radius 3 is 2.27 bits per heavy atom. The van der Waals surface area contributed by atoms with E-state index < -0.39 is 78.6 Å². The number of nitrogen functional groups attached to an aromatic ring is 1. The fraction of sp³-hybridized carbons (Fsp3) is 0.667. The average Bonchev–Trinajstić information content (AvgIpc) is 3.54. The quantitative estimate of drug-likeness (QED) is 0.0395. The molecule has 3 rings (SSSR count). The van der Waals surface area contributed by atoms with Crippen molar-refractivity contribution in [1.82, 2.24) is 30.2 Å². The number of ether oxygens (including phenoxy) is 1. The molecule has 1 saturated heterocycles. The van der Waals surface area contributed by atoms with Crippen LogP contribution in [0.15, 0.2) is 12.7 Å². The fourth-order valence-corrected chi connectivity index (χ4v) is 7.08. The van der Waals surface area contributed by atoms with Crippen LogP contribution in [0.3, 0.4) is 0 Å². The normalized spacial score (nSPS) is 21.6. The minimum absolute atomic E-state index is 0. The van der Waals surface area contributed by atoms with Crippen LogP contribution in [0.5, 0.6) is 0 Å². The molecule has 3 heterocycles. The van der Waals surface area contributed by atoms with Crippen LogP contribution < -0.4 is 16.4 Å². The number of thiol groups is 1. The summed E-state index contributed by atoms with van der Waals surface area (Å²) in [4.78, 5) is 74.6. The van der Waals surface area contributed by atoms with Gasteiger partial charge < -0.3 is 56.4 Å². The molecule has 2 unspecified atom stereocenters. The van der Waals surface area contributed by atoms with Crippen LogP contribution in [-0.2, 0) is 45.9 Å². The van der Waals surface area contributed by atoms with Crippen molar-refractivity contribution in [2.45, 2.75) is 50.9 Å². The molecule has 7 atom stereocenters. The van der Waals surface area contributed by atoms with E-state index in [9.17, 15) is 53.1 Å². The van der Waals surface area contributed by atoms with Gasteiger partial charge in [0.1, 0.15) is 36.3 Å². The van der Waals surface area contributed by atoms with Gasteiger partial charge in [0, 0.05) is 87.3 Å². The minimum atomic E-state index is -5.54. The van der Waals surface area contributed by atoms with E-state index >= 15 is 0 Å². The summed E-state index contributed by atoms with van der Waals surface area (Å²) < 4.78 is 61.7. The maximum Gasteiger partial charge on any atom is 0.481 e. The number of amides is 2. The van der Waals surface area contributed by atoms with Gasteiger partial charge in [-0.05, 0) is 0 Å². The second-order valence-corrected chi connectivity index (χ2v) is 15.5. The van der Waals surface area contributed by atoms with Gasteiger partial charge >= 0.3 is 23.5 Å². The molecule has 2 aromatic rings. The standard InChI is InChI=1S/C21H36N7O16P3S.3Li.H2O/c1-21(2,16(31)19(32)24-4-3-12(29)23-5-6-48)8-41-47(38,39)44-46(36,37)40-7-11-15(43-45(33,34)35)14(30)20(42-11)28-10-27-13-17(22)25-9-26-18(13)28;;;;/h9-11,14-16,20,30-31,48H,3-8H2,1-2H3,(H,23,29)(H,24,32)(H,36,37)(H,38,39)(H2,22,25,26)(H2,33,34,35);;;;1H2/t11-,14-,15-,16+,20-;;;;/m1..../s1. The number of phosphoric ester groups is 3. The maximum absolute atomic E-state index is 12.6. The predicted molar refractivity (Wildman–Crippen MR) is 184 cm³/mol. The van der Waals surface area contributed by atoms with E-state index in [2.05, 4.69) is 47.0 Å². The number of nitrogens with two attached hydrogens (primary N) is 1. The molecule has 12 N–H and O–H groups in total. The summed E-state index contributed by atoms with van der Waals surface area (Å²) in [6, 6.07) is 0. The Balaban J connectivity index is 0. The molecule has 2 aromatic heterocycles. The topological polar surface area (TPSA) is 378 Å². The van der Waals surface area contributed by atoms with Gasteiger partial charge in [0.15, 0.2) is 17.7 Å². The fourth-order valence-electron chi connectivity index (χ4n) is 4.14. The summed E-state index contributed by atoms with van der Waals surface area (Å²) in [6.07, 6.45) is -6.74. The van der Waals surface area contributed by atoms with Gasteiger partial charge in [-0.15, -0.1) is 0 Å². The number of phosphoric acid groups is 3. The van der Waals surface area contributed by atoms with E-state index in [0.717, 1.165) is 17.2 Å². The zero-order valence-electron chi connectivity index (χ0n) is 28.7. The number of hydrogen-bond acceptors (Lipinski definition) is 17. The number of nitrogens with one attached hydrogen (secondary N) is 2. The zero-order chi connectivity index (χ0) is 36.1. The number of nitrogens with zero attached hydrogens (tertiary/aromatic N) is 4. The number of rotatable bonds is 18. The summed E-state index contributed by atoms with van der Waals surface area (Å²) in [6.45, 7) is 0.723. The van der Waals surface area contributed by atoms with Crippen molar-refractivity contribution in [1.29, 1.82) is 0 Å². The van der Waals surface area contributed by atoms with Crippen LogP contribution in [0.25, 0.3) is 11.2 Å². The predicted octanol–water partition coefficient (Wildman–Crippen LogP) is -3.63. The molecule has 0 saturated carbocycles. The van der Waals surface area contributed by atoms with Gasteiger partial charge in [-0.3, -0.25) is 27.7 Å². The smallest absolute Gasteiger partial charge is 0.412 e. The van der Waals surface area contributed by atoms with Crippen molar-refractivity contribution in [3.63, 3.8) is 0 Å². The Morgan fingerprint density at radius 2 is 1.67 bits per heavy atom. The SMILES string of the molecule is CC(C)(COP(=O)(O)OP(=O)(O)OC[C@H]1O[C@@H](n2cnc3c(N)ncnc32)[C@H](O)[C@@H]1OP(=O)(O)O)[C@@H](O)C(=O)NCCC(=O)NCCS.O.[Li].[Li].[Li]. The van der Waals surface area contributed by atoms with E-state index in [4.69, 9.17) is 19.5 Å². The number of fused-ring (bicyclic) bond motifs is 1. The molecule has 31 heteroatoms. The van der Waals surface area contributed by atoms with Gasteiger partial charge in [-0.1, -0.05) is 13.8 Å². The molecule has 1 aliphatic heterocycles. The van der Waals surface area contributed by atoms with E-state index in [1.165, 1.54) is 13.8 Å². The van der Waals surface area contributed by atoms with Crippen molar-refractivity contribution in [2.24, 2.45) is 5.41 Å². The minimum Gasteiger partial charge on any atom is -0.412 e. The number of carbonyl (C=O) groups excluding carboxylic acids is 2. The molecule has 2 amide bonds. The molecule has 1 aliphatic rings. The molecule has 0 bridgehead atoms. The van der Waals surface area contributed by atoms with Crippen molar-refractivity contribution in [3.8, 4) is 0 Å². The van der Waals surface area contributed by atoms with Gasteiger partial charge in [0.25, 0.3) is 0 Å². The Labute approximate surface area is 337 Å². The number of anilines is 1. The molecule has 283 valence electrons. The Hall–Kier alpha value is -0.358. The molecular weight excluding hydrogens is 768 g/mol. The van der Waals surface area contributed by atoms with E-state index in [1.807, 2.05) is 0 Å². The van der Waals surface area contributed by atoms with Crippen molar-refractivity contribution < 1.29 is 81.2 Å². The third-order valence-corrected chi connectivity index (χ3v) is 9.83. The molecule has 52 heavy (non-hydrogen) atoms. The van der Waals surface area contributed by atoms with E-state index in [1.54, 1.807) is 0 Å². The first kappa shape index (κ1) is 53.7. The van der Waals surface area contributed by atoms with Crippen LogP contribution in [0.1, 0.15) is 26.5 Å². The van der Waals surface area contributed by atoms with Gasteiger partial charge in [-0.25, -0.2) is 28.6 Å². The van der Waals surface area contributed by atoms with E-state index in [0.29, 0.717) is 12.3 Å². The number of imidazole rings is 1. The summed E-state index contributed by atoms with van der Waals surface area (Å²) in [5.41, 5.74) is 4.30. The second-order valence-electron chi connectivity index (χ2n) is 10.8. The number of hydrogen-bond donors (Lipinski definition) is 10. The summed E-state index contributed by atoms with van der Waals surface area (Å²) in [5.74, 6) is -0.943. The average molecular weight is 806 g/mol. The molecule has 0 spiro atoms. The Bertz CT molecular complexity index is 1610. The molecule has 24 nitrogen and oxygen atoms in total. The van der Waals surface area contributed by atoms with Crippen LogP contribution in [-0.4, -0.2) is 180 Å². The van der Waals surface area contributed by atoms with Gasteiger partial charge in [-0.2, -0.15) is 16.9 Å². The maximum atomic E-state index is 12.6. The number of aromatic nitrogens is 4. The molecule has 1 fully saturated rings. The van der Waals surface area contributed by atoms with Gasteiger partial charge in [0.2, 0.25) is 11.8 Å². The first-order valence-corrected chi connectivity index (χ1v) is 18.8. The molecule has 3 radical (unpaired) electrons. The zero-order valence-corrected chi connectivity index (χ0v) is 32.3. The van der Waals surface area contributed by atoms with Crippen molar-refractivity contribution in [3.05, 3.63) is 12.7 Å². The van der Waals surface area contributed by atoms with Crippen LogP contribution in [0.2, 0.25) is 0 Å². The number of aliphatic hydroxyl groups is 2. The number of carbonyl (C=O) groups is 2. The summed E-state index contributed by atoms with van der Waals surface area (Å²) >= 11 is 3.95. The Kier molecular flexibility index (Phi) is 23.2. The third kappa shape index (κ3) is 15.6. The molecule has 0 aromatic carbocycles. The number of aliphatic hydroxyl groups excluding tert-OH is 2. The summed E-state index contributed by atoms with van der Waals surface area (Å²) in [7, 11) is -16.3.